The van der Waals surface area contributed by atoms with Crippen LogP contribution in [0, 0.1) is 0 Å². The lowest BCUT2D eigenvalue weighted by Gasteiger charge is -2.28. The van der Waals surface area contributed by atoms with Gasteiger partial charge in [0, 0.05) is 24.7 Å². The lowest BCUT2D eigenvalue weighted by Crippen LogP contribution is -2.33. The zero-order chi connectivity index (χ0) is 12.4. The number of amides is 1. The lowest BCUT2D eigenvalue weighted by atomic mass is 9.97. The number of fused-ring (bicyclic) bond motifs is 1. The number of hydrogen-bond donors (Lipinski definition) is 1. The number of nitrogens with zero attached hydrogens (tertiary/aromatic N) is 1. The van der Waals surface area contributed by atoms with Crippen LogP contribution in [-0.4, -0.2) is 24.8 Å². The first-order chi connectivity index (χ1) is 8.13. The highest BCUT2D eigenvalue weighted by Crippen LogP contribution is 2.28. The molecule has 0 saturated carbocycles. The zero-order valence-electron chi connectivity index (χ0n) is 9.90. The van der Waals surface area contributed by atoms with Crippen molar-refractivity contribution in [3.63, 3.8) is 0 Å². The summed E-state index contributed by atoms with van der Waals surface area (Å²) >= 11 is 0. The minimum Gasteiger partial charge on any atom is -0.324 e. The standard InChI is InChI=1S/C13H16N2O2/c1-9(16)15-6-2-3-10-7-11(13(17)8-14)4-5-12(10)15/h4-5,7H,2-3,6,8,14H2,1H3. The summed E-state index contributed by atoms with van der Waals surface area (Å²) < 4.78 is 0. The summed E-state index contributed by atoms with van der Waals surface area (Å²) in [5, 5.41) is 0. The lowest BCUT2D eigenvalue weighted by molar-refractivity contribution is -0.116. The molecule has 0 unspecified atom stereocenters. The second-order valence-corrected chi connectivity index (χ2v) is 4.25. The molecule has 1 aliphatic heterocycles. The largest absolute Gasteiger partial charge is 0.324 e. The van der Waals surface area contributed by atoms with Gasteiger partial charge in [-0.2, -0.15) is 0 Å². The normalized spacial score (nSPS) is 14.4. The van der Waals surface area contributed by atoms with Crippen molar-refractivity contribution in [1.82, 2.24) is 0 Å². The summed E-state index contributed by atoms with van der Waals surface area (Å²) in [6.07, 6.45) is 1.84. The summed E-state index contributed by atoms with van der Waals surface area (Å²) in [4.78, 5) is 24.7. The number of aryl methyl sites for hydroxylation is 1. The highest BCUT2D eigenvalue weighted by Gasteiger charge is 2.20. The Morgan fingerprint density at radius 1 is 1.41 bits per heavy atom. The van der Waals surface area contributed by atoms with Gasteiger partial charge in [0.25, 0.3) is 0 Å². The molecule has 0 fully saturated rings. The van der Waals surface area contributed by atoms with Crippen LogP contribution in [0.25, 0.3) is 0 Å². The Bertz CT molecular complexity index is 468. The molecular formula is C13H16N2O2. The van der Waals surface area contributed by atoms with Gasteiger partial charge in [0.05, 0.1) is 6.54 Å². The van der Waals surface area contributed by atoms with Crippen molar-refractivity contribution in [3.05, 3.63) is 29.3 Å². The third-order valence-electron chi connectivity index (χ3n) is 3.09. The van der Waals surface area contributed by atoms with E-state index in [1.165, 1.54) is 0 Å². The van der Waals surface area contributed by atoms with Gasteiger partial charge in [0.2, 0.25) is 5.91 Å². The molecule has 1 aliphatic rings. The van der Waals surface area contributed by atoms with E-state index in [-0.39, 0.29) is 18.2 Å². The quantitative estimate of drug-likeness (QED) is 0.777. The van der Waals surface area contributed by atoms with E-state index in [0.29, 0.717) is 5.56 Å². The number of nitrogens with two attached hydrogens (primary N) is 1. The van der Waals surface area contributed by atoms with Crippen molar-refractivity contribution in [2.45, 2.75) is 19.8 Å². The molecular weight excluding hydrogens is 216 g/mol. The Labute approximate surface area is 100 Å². The van der Waals surface area contributed by atoms with Gasteiger partial charge in [-0.15, -0.1) is 0 Å². The van der Waals surface area contributed by atoms with Crippen LogP contribution in [0.15, 0.2) is 18.2 Å². The van der Waals surface area contributed by atoms with Crippen LogP contribution in [0.2, 0.25) is 0 Å². The predicted molar refractivity (Wildman–Crippen MR) is 66.2 cm³/mol. The minimum absolute atomic E-state index is 0.0230. The van der Waals surface area contributed by atoms with Crippen LogP contribution in [0.1, 0.15) is 29.3 Å². The number of hydrogen-bond acceptors (Lipinski definition) is 3. The number of carbonyl (C=O) groups excluding carboxylic acids is 2. The van der Waals surface area contributed by atoms with Crippen molar-refractivity contribution in [2.75, 3.05) is 18.0 Å². The molecule has 1 aromatic rings. The first kappa shape index (κ1) is 11.8. The Morgan fingerprint density at radius 2 is 2.18 bits per heavy atom. The average Bonchev–Trinajstić information content (AvgIpc) is 2.36. The summed E-state index contributed by atoms with van der Waals surface area (Å²) in [7, 11) is 0. The van der Waals surface area contributed by atoms with E-state index >= 15 is 0 Å². The third kappa shape index (κ3) is 2.22. The second kappa shape index (κ2) is 4.67. The molecule has 1 aromatic carbocycles. The number of rotatable bonds is 2. The molecule has 0 radical (unpaired) electrons. The third-order valence-corrected chi connectivity index (χ3v) is 3.09. The molecule has 0 aliphatic carbocycles. The predicted octanol–water partition coefficient (Wildman–Crippen LogP) is 1.13. The summed E-state index contributed by atoms with van der Waals surface area (Å²) in [6.45, 7) is 2.34. The van der Waals surface area contributed by atoms with Gasteiger partial charge in [-0.25, -0.2) is 0 Å². The van der Waals surface area contributed by atoms with Crippen LogP contribution in [0.5, 0.6) is 0 Å². The number of carbonyl (C=O) groups is 2. The van der Waals surface area contributed by atoms with Gasteiger partial charge in [-0.05, 0) is 36.6 Å². The van der Waals surface area contributed by atoms with Crippen molar-refractivity contribution in [3.8, 4) is 0 Å². The monoisotopic (exact) mass is 232 g/mol. The minimum atomic E-state index is -0.0623. The van der Waals surface area contributed by atoms with Crippen molar-refractivity contribution >= 4 is 17.4 Å². The van der Waals surface area contributed by atoms with E-state index in [2.05, 4.69) is 0 Å². The molecule has 0 bridgehead atoms. The summed E-state index contributed by atoms with van der Waals surface area (Å²) in [5.74, 6) is -0.0170. The number of Topliss-reactive ketones (excluding diaryl/α,β-unsaturated/α-hetero) is 1. The molecule has 0 aromatic heterocycles. The van der Waals surface area contributed by atoms with E-state index in [1.54, 1.807) is 17.9 Å². The Hall–Kier alpha value is -1.68. The average molecular weight is 232 g/mol. The topological polar surface area (TPSA) is 63.4 Å². The Kier molecular flexibility index (Phi) is 3.24. The van der Waals surface area contributed by atoms with E-state index in [9.17, 15) is 9.59 Å². The highest BCUT2D eigenvalue weighted by molar-refractivity contribution is 5.99. The van der Waals surface area contributed by atoms with Gasteiger partial charge in [0.15, 0.2) is 5.78 Å². The van der Waals surface area contributed by atoms with Gasteiger partial charge in [0.1, 0.15) is 0 Å². The van der Waals surface area contributed by atoms with E-state index < -0.39 is 0 Å². The van der Waals surface area contributed by atoms with Crippen molar-refractivity contribution in [2.24, 2.45) is 5.73 Å². The SMILES string of the molecule is CC(=O)N1CCCc2cc(C(=O)CN)ccc21. The fourth-order valence-corrected chi connectivity index (χ4v) is 2.22. The highest BCUT2D eigenvalue weighted by atomic mass is 16.2. The number of benzene rings is 1. The van der Waals surface area contributed by atoms with Crippen LogP contribution >= 0.6 is 0 Å². The number of anilines is 1. The van der Waals surface area contributed by atoms with Crippen molar-refractivity contribution in [1.29, 1.82) is 0 Å². The first-order valence-electron chi connectivity index (χ1n) is 5.78. The van der Waals surface area contributed by atoms with Crippen LogP contribution in [-0.2, 0) is 11.2 Å². The molecule has 0 spiro atoms. The van der Waals surface area contributed by atoms with Gasteiger partial charge in [-0.1, -0.05) is 0 Å². The Balaban J connectivity index is 2.39. The molecule has 2 N–H and O–H groups in total. The molecule has 90 valence electrons. The maximum atomic E-state index is 11.5. The van der Waals surface area contributed by atoms with Gasteiger partial charge in [-0.3, -0.25) is 9.59 Å². The fourth-order valence-electron chi connectivity index (χ4n) is 2.22. The van der Waals surface area contributed by atoms with Crippen LogP contribution < -0.4 is 10.6 Å². The zero-order valence-corrected chi connectivity index (χ0v) is 9.90. The molecule has 2 rings (SSSR count). The summed E-state index contributed by atoms with van der Waals surface area (Å²) in [6, 6.07) is 5.45. The van der Waals surface area contributed by atoms with Gasteiger partial charge >= 0.3 is 0 Å². The van der Waals surface area contributed by atoms with Crippen molar-refractivity contribution < 1.29 is 9.59 Å². The van der Waals surface area contributed by atoms with E-state index in [0.717, 1.165) is 30.6 Å². The molecule has 4 heteroatoms. The maximum absolute atomic E-state index is 11.5. The van der Waals surface area contributed by atoms with E-state index in [1.807, 2.05) is 12.1 Å². The smallest absolute Gasteiger partial charge is 0.223 e. The van der Waals surface area contributed by atoms with E-state index in [4.69, 9.17) is 5.73 Å². The Morgan fingerprint density at radius 3 is 2.82 bits per heavy atom. The fraction of sp³-hybridized carbons (Fsp3) is 0.385. The second-order valence-electron chi connectivity index (χ2n) is 4.25. The first-order valence-corrected chi connectivity index (χ1v) is 5.78. The molecule has 1 amide bonds. The molecule has 0 saturated heterocycles. The molecule has 0 atom stereocenters. The van der Waals surface area contributed by atoms with Crippen LogP contribution in [0.3, 0.4) is 0 Å². The molecule has 1 heterocycles. The van der Waals surface area contributed by atoms with Gasteiger partial charge < -0.3 is 10.6 Å². The maximum Gasteiger partial charge on any atom is 0.223 e. The number of ketones is 1. The molecule has 17 heavy (non-hydrogen) atoms. The van der Waals surface area contributed by atoms with Crippen LogP contribution in [0.4, 0.5) is 5.69 Å². The molecule has 4 nitrogen and oxygen atoms in total. The summed E-state index contributed by atoms with van der Waals surface area (Å²) in [5.41, 5.74) is 7.97.